The number of aliphatic carboxylic acids is 3. The van der Waals surface area contributed by atoms with E-state index >= 15 is 0 Å². The molecule has 0 aliphatic heterocycles. The highest BCUT2D eigenvalue weighted by atomic mass is 16.4. The Hall–Kier alpha value is -3.93. The number of hydrogen-bond acceptors (Lipinski definition) is 3. The molecule has 0 aromatic rings. The van der Waals surface area contributed by atoms with Gasteiger partial charge in [0, 0.05) is 19.3 Å². The average Bonchev–Trinajstić information content (AvgIpc) is 3.22. The van der Waals surface area contributed by atoms with Crippen molar-refractivity contribution in [1.82, 2.24) is 0 Å². The summed E-state index contributed by atoms with van der Waals surface area (Å²) in [5.41, 5.74) is 0. The summed E-state index contributed by atoms with van der Waals surface area (Å²) in [4.78, 5) is 30.9. The molecule has 0 aliphatic carbocycles. The van der Waals surface area contributed by atoms with Crippen molar-refractivity contribution >= 4 is 17.9 Å². The molecule has 0 aliphatic rings. The van der Waals surface area contributed by atoms with E-state index < -0.39 is 17.9 Å². The number of allylic oxidation sites excluding steroid dienone is 18. The number of unbranched alkanes of at least 4 members (excludes halogenated alkanes) is 15. The summed E-state index contributed by atoms with van der Waals surface area (Å²) in [5, 5.41) is 25.5. The maximum absolute atomic E-state index is 10.3. The first-order valence-electron chi connectivity index (χ1n) is 23.8. The lowest BCUT2D eigenvalue weighted by atomic mass is 10.2. The smallest absolute Gasteiger partial charge is 0.303 e. The van der Waals surface area contributed by atoms with Crippen LogP contribution in [0.1, 0.15) is 213 Å². The van der Waals surface area contributed by atoms with E-state index in [1.165, 1.54) is 77.0 Å². The lowest BCUT2D eigenvalue weighted by Crippen LogP contribution is -1.92. The van der Waals surface area contributed by atoms with Crippen LogP contribution in [0, 0.1) is 0 Å². The maximum atomic E-state index is 10.3. The van der Waals surface area contributed by atoms with Crippen molar-refractivity contribution in [3.8, 4) is 0 Å². The van der Waals surface area contributed by atoms with Crippen molar-refractivity contribution in [2.24, 2.45) is 0 Å². The summed E-state index contributed by atoms with van der Waals surface area (Å²) in [5.74, 6) is -2.08. The Balaban J connectivity index is -0.000000812. The van der Waals surface area contributed by atoms with Gasteiger partial charge in [-0.15, -0.1) is 0 Å². The summed E-state index contributed by atoms with van der Waals surface area (Å²) in [6, 6.07) is 0. The minimum absolute atomic E-state index is 0.290. The third-order valence-electron chi connectivity index (χ3n) is 9.09. The summed E-state index contributed by atoms with van der Waals surface area (Å²) in [6.07, 6.45) is 70.0. The highest BCUT2D eigenvalue weighted by Crippen LogP contribution is 2.06. The Morgan fingerprint density at radius 2 is 0.433 bits per heavy atom. The Morgan fingerprint density at radius 1 is 0.267 bits per heavy atom. The zero-order valence-electron chi connectivity index (χ0n) is 38.7. The summed E-state index contributed by atoms with van der Waals surface area (Å²) >= 11 is 0. The number of carboxylic acid groups (broad SMARTS) is 3. The first-order chi connectivity index (χ1) is 29.3. The van der Waals surface area contributed by atoms with Crippen LogP contribution in [0.5, 0.6) is 0 Å². The lowest BCUT2D eigenvalue weighted by Gasteiger charge is -1.92. The SMILES string of the molecule is CCCCC/C=C\C/C=C\C/C=C\CCCCC(=O)O.CCCCC/C=C\C/C=C\C/C=C\CCCCC(=O)O.CCCCC/C=C\C/C=C\C/C=C\CCCCC(=O)O. The first-order valence-corrected chi connectivity index (χ1v) is 23.8. The normalized spacial score (nSPS) is 12.1. The molecule has 6 nitrogen and oxygen atoms in total. The molecule has 0 atom stereocenters. The Bertz CT molecular complexity index is 1050. The van der Waals surface area contributed by atoms with Gasteiger partial charge in [0.2, 0.25) is 0 Å². The molecule has 3 N–H and O–H groups in total. The summed E-state index contributed by atoms with van der Waals surface area (Å²) < 4.78 is 0. The quantitative estimate of drug-likeness (QED) is 0.0420. The van der Waals surface area contributed by atoms with Gasteiger partial charge >= 0.3 is 17.9 Å². The molecule has 0 heterocycles. The molecule has 60 heavy (non-hydrogen) atoms. The van der Waals surface area contributed by atoms with Gasteiger partial charge in [-0.05, 0) is 135 Å². The molecule has 0 unspecified atom stereocenters. The number of rotatable bonds is 39. The Labute approximate surface area is 369 Å². The number of carbonyl (C=O) groups is 3. The fraction of sp³-hybridized carbons (Fsp3) is 0.611. The third-order valence-corrected chi connectivity index (χ3v) is 9.09. The molecule has 0 fully saturated rings. The van der Waals surface area contributed by atoms with Crippen molar-refractivity contribution in [3.05, 3.63) is 109 Å². The third kappa shape index (κ3) is 68.7. The van der Waals surface area contributed by atoms with Gasteiger partial charge in [-0.1, -0.05) is 169 Å². The number of carboxylic acids is 3. The molecule has 0 bridgehead atoms. The standard InChI is InChI=1S/3C18H30O2/c3*1-2-3-4-5-6-7-8-9-10-11-12-13-14-15-16-17-18(19)20/h3*6-7,9-10,12-13H,2-5,8,11,14-17H2,1H3,(H,19,20)/b3*7-6-,10-9-,13-12-. The van der Waals surface area contributed by atoms with Crippen LogP contribution >= 0.6 is 0 Å². The van der Waals surface area contributed by atoms with E-state index in [4.69, 9.17) is 15.3 Å². The molecule has 342 valence electrons. The van der Waals surface area contributed by atoms with Gasteiger partial charge in [0.1, 0.15) is 0 Å². The second-order valence-corrected chi connectivity index (χ2v) is 15.1. The van der Waals surface area contributed by atoms with Crippen LogP contribution in [0.15, 0.2) is 109 Å². The molecule has 0 spiro atoms. The van der Waals surface area contributed by atoms with Crippen molar-refractivity contribution in [1.29, 1.82) is 0 Å². The molecule has 0 amide bonds. The van der Waals surface area contributed by atoms with Crippen molar-refractivity contribution in [2.75, 3.05) is 0 Å². The van der Waals surface area contributed by atoms with Crippen LogP contribution in [-0.2, 0) is 14.4 Å². The molecule has 0 saturated heterocycles. The second-order valence-electron chi connectivity index (χ2n) is 15.1. The zero-order chi connectivity index (χ0) is 44.7. The van der Waals surface area contributed by atoms with Crippen molar-refractivity contribution in [3.63, 3.8) is 0 Å². The van der Waals surface area contributed by atoms with E-state index in [0.29, 0.717) is 19.3 Å². The van der Waals surface area contributed by atoms with Gasteiger partial charge in [0.05, 0.1) is 0 Å². The minimum Gasteiger partial charge on any atom is -0.481 e. The van der Waals surface area contributed by atoms with E-state index in [1.54, 1.807) is 0 Å². The lowest BCUT2D eigenvalue weighted by molar-refractivity contribution is -0.138. The molecular weight excluding hydrogens is 745 g/mol. The fourth-order valence-corrected chi connectivity index (χ4v) is 5.49. The van der Waals surface area contributed by atoms with E-state index in [0.717, 1.165) is 96.3 Å². The molecule has 0 aromatic heterocycles. The van der Waals surface area contributed by atoms with Gasteiger partial charge in [-0.2, -0.15) is 0 Å². The maximum Gasteiger partial charge on any atom is 0.303 e. The van der Waals surface area contributed by atoms with Gasteiger partial charge in [-0.3, -0.25) is 14.4 Å². The second kappa shape index (κ2) is 57.2. The van der Waals surface area contributed by atoms with Gasteiger partial charge in [0.15, 0.2) is 0 Å². The van der Waals surface area contributed by atoms with E-state index in [9.17, 15) is 14.4 Å². The monoisotopic (exact) mass is 835 g/mol. The van der Waals surface area contributed by atoms with Crippen LogP contribution in [0.2, 0.25) is 0 Å². The highest BCUT2D eigenvalue weighted by Gasteiger charge is 1.95. The number of hydrogen-bond donors (Lipinski definition) is 3. The van der Waals surface area contributed by atoms with Gasteiger partial charge in [0.25, 0.3) is 0 Å². The zero-order valence-corrected chi connectivity index (χ0v) is 38.7. The Kier molecular flexibility index (Phi) is 57.5. The van der Waals surface area contributed by atoms with Crippen LogP contribution in [0.25, 0.3) is 0 Å². The van der Waals surface area contributed by atoms with Crippen LogP contribution in [0.3, 0.4) is 0 Å². The van der Waals surface area contributed by atoms with E-state index in [-0.39, 0.29) is 0 Å². The van der Waals surface area contributed by atoms with Crippen molar-refractivity contribution < 1.29 is 29.7 Å². The molecule has 6 heteroatoms. The molecule has 0 radical (unpaired) electrons. The highest BCUT2D eigenvalue weighted by molar-refractivity contribution is 5.67. The molecule has 0 aromatic carbocycles. The topological polar surface area (TPSA) is 112 Å². The van der Waals surface area contributed by atoms with E-state index in [2.05, 4.69) is 130 Å². The summed E-state index contributed by atoms with van der Waals surface area (Å²) in [7, 11) is 0. The minimum atomic E-state index is -0.695. The molecular formula is C54H90O6. The Morgan fingerprint density at radius 3 is 0.600 bits per heavy atom. The van der Waals surface area contributed by atoms with E-state index in [1.807, 2.05) is 0 Å². The largest absolute Gasteiger partial charge is 0.481 e. The first kappa shape index (κ1) is 60.4. The average molecular weight is 835 g/mol. The fourth-order valence-electron chi connectivity index (χ4n) is 5.49. The van der Waals surface area contributed by atoms with Crippen LogP contribution < -0.4 is 0 Å². The van der Waals surface area contributed by atoms with Gasteiger partial charge < -0.3 is 15.3 Å². The van der Waals surface area contributed by atoms with Crippen LogP contribution in [0.4, 0.5) is 0 Å². The predicted molar refractivity (Wildman–Crippen MR) is 261 cm³/mol. The summed E-state index contributed by atoms with van der Waals surface area (Å²) in [6.45, 7) is 6.68. The van der Waals surface area contributed by atoms with Gasteiger partial charge in [-0.25, -0.2) is 0 Å². The van der Waals surface area contributed by atoms with Crippen LogP contribution in [-0.4, -0.2) is 33.2 Å². The molecule has 0 rings (SSSR count). The predicted octanol–water partition coefficient (Wildman–Crippen LogP) is 17.0. The van der Waals surface area contributed by atoms with Crippen molar-refractivity contribution in [2.45, 2.75) is 213 Å². The molecule has 0 saturated carbocycles.